The average molecular weight is 283 g/mol. The van der Waals surface area contributed by atoms with Gasteiger partial charge in [-0.3, -0.25) is 0 Å². The molecule has 1 rings (SSSR count). The minimum atomic E-state index is 0.260. The van der Waals surface area contributed by atoms with Gasteiger partial charge < -0.3 is 19.7 Å². The first-order valence-corrected chi connectivity index (χ1v) is 6.94. The first kappa shape index (κ1) is 16.4. The Morgan fingerprint density at radius 1 is 1.20 bits per heavy atom. The molecule has 7 nitrogen and oxygen atoms in total. The minimum absolute atomic E-state index is 0.260. The van der Waals surface area contributed by atoms with Crippen LogP contribution in [-0.2, 0) is 4.74 Å². The fourth-order valence-corrected chi connectivity index (χ4v) is 1.62. The molecule has 0 aliphatic rings. The van der Waals surface area contributed by atoms with Gasteiger partial charge in [0.05, 0.1) is 13.2 Å². The Morgan fingerprint density at radius 3 is 2.50 bits per heavy atom. The lowest BCUT2D eigenvalue weighted by atomic mass is 10.3. The second-order valence-corrected chi connectivity index (χ2v) is 4.62. The van der Waals surface area contributed by atoms with Crippen molar-refractivity contribution in [2.24, 2.45) is 0 Å². The van der Waals surface area contributed by atoms with Crippen LogP contribution in [0.25, 0.3) is 0 Å². The third-order valence-electron chi connectivity index (χ3n) is 2.68. The fraction of sp³-hybridized carbons (Fsp3) is 0.769. The maximum absolute atomic E-state index is 5.51. The van der Waals surface area contributed by atoms with Gasteiger partial charge in [0.1, 0.15) is 0 Å². The van der Waals surface area contributed by atoms with Crippen molar-refractivity contribution in [1.82, 2.24) is 15.0 Å². The highest BCUT2D eigenvalue weighted by Gasteiger charge is 2.16. The number of aromatic nitrogens is 3. The van der Waals surface area contributed by atoms with Crippen LogP contribution >= 0.6 is 0 Å². The molecule has 114 valence electrons. The predicted octanol–water partition coefficient (Wildman–Crippen LogP) is 1.56. The van der Waals surface area contributed by atoms with Gasteiger partial charge in [0.15, 0.2) is 0 Å². The topological polar surface area (TPSA) is 72.4 Å². The van der Waals surface area contributed by atoms with E-state index >= 15 is 0 Å². The predicted molar refractivity (Wildman–Crippen MR) is 79.5 cm³/mol. The first-order chi connectivity index (χ1) is 9.62. The molecule has 1 N–H and O–H groups in total. The molecule has 7 heteroatoms. The number of nitrogens with zero attached hydrogens (tertiary/aromatic N) is 4. The van der Waals surface area contributed by atoms with Gasteiger partial charge in [-0.1, -0.05) is 6.92 Å². The maximum Gasteiger partial charge on any atom is 0.323 e. The summed E-state index contributed by atoms with van der Waals surface area (Å²) in [6.07, 6.45) is 0.910. The van der Waals surface area contributed by atoms with Gasteiger partial charge in [-0.25, -0.2) is 0 Å². The van der Waals surface area contributed by atoms with Crippen molar-refractivity contribution in [3.05, 3.63) is 0 Å². The zero-order valence-corrected chi connectivity index (χ0v) is 13.0. The van der Waals surface area contributed by atoms with E-state index in [-0.39, 0.29) is 6.04 Å². The van der Waals surface area contributed by atoms with Crippen molar-refractivity contribution in [3.63, 3.8) is 0 Å². The molecule has 0 fully saturated rings. The number of hydrogen-bond acceptors (Lipinski definition) is 7. The van der Waals surface area contributed by atoms with Gasteiger partial charge >= 0.3 is 6.01 Å². The highest BCUT2D eigenvalue weighted by atomic mass is 16.5. The summed E-state index contributed by atoms with van der Waals surface area (Å²) in [7, 11) is 3.46. The molecule has 0 amide bonds. The molecule has 0 bridgehead atoms. The number of anilines is 2. The van der Waals surface area contributed by atoms with Crippen LogP contribution in [0.3, 0.4) is 0 Å². The quantitative estimate of drug-likeness (QED) is 0.737. The van der Waals surface area contributed by atoms with Crippen molar-refractivity contribution >= 4 is 11.9 Å². The van der Waals surface area contributed by atoms with Gasteiger partial charge in [-0.15, -0.1) is 0 Å². The average Bonchev–Trinajstić information content (AvgIpc) is 2.45. The SMILES string of the molecule is CCCOc1nc(NC)nc(N(CCOC)C(C)C)n1. The van der Waals surface area contributed by atoms with Crippen molar-refractivity contribution in [1.29, 1.82) is 0 Å². The number of nitrogens with one attached hydrogen (secondary N) is 1. The van der Waals surface area contributed by atoms with Crippen molar-refractivity contribution in [3.8, 4) is 6.01 Å². The standard InChI is InChI=1S/C13H25N5O2/c1-6-8-20-13-16-11(14-4)15-12(17-13)18(10(2)3)7-9-19-5/h10H,6-9H2,1-5H3,(H,14,15,16,17). The highest BCUT2D eigenvalue weighted by molar-refractivity contribution is 5.38. The molecule has 0 aromatic carbocycles. The largest absolute Gasteiger partial charge is 0.463 e. The molecule has 0 spiro atoms. The fourth-order valence-electron chi connectivity index (χ4n) is 1.62. The third-order valence-corrected chi connectivity index (χ3v) is 2.68. The summed E-state index contributed by atoms with van der Waals surface area (Å²) in [5.41, 5.74) is 0. The van der Waals surface area contributed by atoms with E-state index in [9.17, 15) is 0 Å². The lowest BCUT2D eigenvalue weighted by molar-refractivity contribution is 0.203. The Bertz CT molecular complexity index is 400. The normalized spacial score (nSPS) is 10.7. The second kappa shape index (κ2) is 8.52. The molecule has 0 saturated heterocycles. The summed E-state index contributed by atoms with van der Waals surface area (Å²) >= 11 is 0. The molecule has 1 heterocycles. The summed E-state index contributed by atoms with van der Waals surface area (Å²) in [5, 5.41) is 2.93. The summed E-state index contributed by atoms with van der Waals surface area (Å²) < 4.78 is 10.6. The van der Waals surface area contributed by atoms with Crippen LogP contribution in [0.2, 0.25) is 0 Å². The van der Waals surface area contributed by atoms with Crippen LogP contribution in [-0.4, -0.2) is 54.9 Å². The molecule has 0 aliphatic heterocycles. The van der Waals surface area contributed by atoms with E-state index in [1.54, 1.807) is 14.2 Å². The highest BCUT2D eigenvalue weighted by Crippen LogP contribution is 2.17. The van der Waals surface area contributed by atoms with Crippen LogP contribution < -0.4 is 15.0 Å². The second-order valence-electron chi connectivity index (χ2n) is 4.62. The summed E-state index contributed by atoms with van der Waals surface area (Å²) in [6.45, 7) is 8.14. The summed E-state index contributed by atoms with van der Waals surface area (Å²) in [5.74, 6) is 1.10. The summed E-state index contributed by atoms with van der Waals surface area (Å²) in [4.78, 5) is 15.0. The first-order valence-electron chi connectivity index (χ1n) is 6.94. The van der Waals surface area contributed by atoms with E-state index in [0.29, 0.717) is 37.7 Å². The molecular formula is C13H25N5O2. The van der Waals surface area contributed by atoms with E-state index in [1.807, 2.05) is 6.92 Å². The molecule has 20 heavy (non-hydrogen) atoms. The minimum Gasteiger partial charge on any atom is -0.463 e. The number of methoxy groups -OCH3 is 1. The van der Waals surface area contributed by atoms with E-state index in [0.717, 1.165) is 6.42 Å². The van der Waals surface area contributed by atoms with E-state index in [4.69, 9.17) is 9.47 Å². The van der Waals surface area contributed by atoms with Crippen LogP contribution in [0, 0.1) is 0 Å². The lowest BCUT2D eigenvalue weighted by Gasteiger charge is -2.26. The van der Waals surface area contributed by atoms with Crippen LogP contribution in [0.5, 0.6) is 6.01 Å². The molecule has 0 radical (unpaired) electrons. The van der Waals surface area contributed by atoms with Gasteiger partial charge in [0.2, 0.25) is 11.9 Å². The zero-order valence-electron chi connectivity index (χ0n) is 13.0. The Morgan fingerprint density at radius 2 is 1.95 bits per heavy atom. The Balaban J connectivity index is 2.99. The molecule has 0 aliphatic carbocycles. The van der Waals surface area contributed by atoms with Crippen LogP contribution in [0.15, 0.2) is 0 Å². The number of hydrogen-bond donors (Lipinski definition) is 1. The lowest BCUT2D eigenvalue weighted by Crippen LogP contribution is -2.35. The van der Waals surface area contributed by atoms with Crippen molar-refractivity contribution in [2.45, 2.75) is 33.2 Å². The Kier molecular flexibility index (Phi) is 7.00. The molecular weight excluding hydrogens is 258 g/mol. The van der Waals surface area contributed by atoms with Crippen LogP contribution in [0.1, 0.15) is 27.2 Å². The van der Waals surface area contributed by atoms with Gasteiger partial charge in [-0.2, -0.15) is 15.0 Å². The monoisotopic (exact) mass is 283 g/mol. The van der Waals surface area contributed by atoms with E-state index < -0.39 is 0 Å². The van der Waals surface area contributed by atoms with Gasteiger partial charge in [-0.05, 0) is 20.3 Å². The molecule has 0 unspecified atom stereocenters. The third kappa shape index (κ3) is 4.80. The molecule has 0 atom stereocenters. The van der Waals surface area contributed by atoms with Gasteiger partial charge in [0, 0.05) is 26.7 Å². The zero-order chi connectivity index (χ0) is 15.0. The Hall–Kier alpha value is -1.63. The maximum atomic E-state index is 5.51. The van der Waals surface area contributed by atoms with Crippen molar-refractivity contribution < 1.29 is 9.47 Å². The van der Waals surface area contributed by atoms with E-state index in [1.165, 1.54) is 0 Å². The Labute approximate surface area is 120 Å². The van der Waals surface area contributed by atoms with Gasteiger partial charge in [0.25, 0.3) is 0 Å². The smallest absolute Gasteiger partial charge is 0.323 e. The molecule has 0 saturated carbocycles. The van der Waals surface area contributed by atoms with E-state index in [2.05, 4.69) is 39.0 Å². The number of rotatable bonds is 9. The number of ether oxygens (including phenoxy) is 2. The molecule has 1 aromatic rings. The van der Waals surface area contributed by atoms with Crippen molar-refractivity contribution in [2.75, 3.05) is 44.1 Å². The van der Waals surface area contributed by atoms with Crippen LogP contribution in [0.4, 0.5) is 11.9 Å². The molecule has 1 aromatic heterocycles. The summed E-state index contributed by atoms with van der Waals surface area (Å²) in [6, 6.07) is 0.612.